The Labute approximate surface area is 476 Å². The fourth-order valence-corrected chi connectivity index (χ4v) is 12.9. The summed E-state index contributed by atoms with van der Waals surface area (Å²) in [5, 5.41) is 9.75. The van der Waals surface area contributed by atoms with Gasteiger partial charge in [0.25, 0.3) is 0 Å². The van der Waals surface area contributed by atoms with Gasteiger partial charge in [0.2, 0.25) is 0 Å². The molecule has 4 nitrogen and oxygen atoms in total. The lowest BCUT2D eigenvalue weighted by Gasteiger charge is -2.33. The zero-order chi connectivity index (χ0) is 55.0. The third-order valence-corrected chi connectivity index (χ3v) is 16.6. The summed E-state index contributed by atoms with van der Waals surface area (Å²) in [7, 11) is 0. The first-order valence-corrected chi connectivity index (χ1v) is 29.4. The first-order chi connectivity index (χ1) is 39.9. The zero-order valence-corrected chi connectivity index (χ0v) is 47.1. The Hall–Kier alpha value is -9.12. The maximum atomic E-state index is 6.58. The van der Waals surface area contributed by atoms with Crippen molar-refractivity contribution in [1.29, 1.82) is 0 Å². The number of allylic oxidation sites excluding steroid dienone is 4. The normalized spacial score (nSPS) is 13.7. The Morgan fingerprint density at radius 1 is 0.432 bits per heavy atom. The highest BCUT2D eigenvalue weighted by Gasteiger charge is 2.27. The van der Waals surface area contributed by atoms with E-state index in [1.807, 2.05) is 24.3 Å². The highest BCUT2D eigenvalue weighted by Crippen LogP contribution is 2.50. The second-order valence-corrected chi connectivity index (χ2v) is 21.8. The Morgan fingerprint density at radius 2 is 0.914 bits per heavy atom. The number of furan rings is 1. The second kappa shape index (κ2) is 22.2. The van der Waals surface area contributed by atoms with Crippen molar-refractivity contribution in [3.05, 3.63) is 258 Å². The van der Waals surface area contributed by atoms with E-state index in [1.165, 1.54) is 77.3 Å². The van der Waals surface area contributed by atoms with Gasteiger partial charge in [-0.2, -0.15) is 0 Å². The third-order valence-electron chi connectivity index (χ3n) is 16.6. The molecule has 0 saturated heterocycles. The van der Waals surface area contributed by atoms with Crippen molar-refractivity contribution < 1.29 is 9.15 Å². The number of hydrogen-bond acceptors (Lipinski definition) is 4. The molecule has 0 spiro atoms. The number of benzene rings is 11. The van der Waals surface area contributed by atoms with E-state index in [1.54, 1.807) is 0 Å². The average molecular weight is 1050 g/mol. The summed E-state index contributed by atoms with van der Waals surface area (Å²) in [5.41, 5.74) is 20.8. The third kappa shape index (κ3) is 9.33. The van der Waals surface area contributed by atoms with Crippen molar-refractivity contribution in [3.63, 3.8) is 0 Å². The summed E-state index contributed by atoms with van der Waals surface area (Å²) in [5.74, 6) is 0.845. The maximum absolute atomic E-state index is 6.58. The van der Waals surface area contributed by atoms with E-state index in [-0.39, 0.29) is 0 Å². The smallest absolute Gasteiger partial charge is 0.143 e. The van der Waals surface area contributed by atoms with Crippen molar-refractivity contribution in [2.45, 2.75) is 79.1 Å². The fourth-order valence-electron chi connectivity index (χ4n) is 12.9. The first-order valence-electron chi connectivity index (χ1n) is 29.4. The van der Waals surface area contributed by atoms with Crippen LogP contribution >= 0.6 is 0 Å². The Balaban J connectivity index is 0.990. The van der Waals surface area contributed by atoms with Crippen LogP contribution in [0.1, 0.15) is 86.8 Å². The molecule has 1 aliphatic rings. The van der Waals surface area contributed by atoms with Gasteiger partial charge in [0.05, 0.1) is 22.7 Å². The zero-order valence-electron chi connectivity index (χ0n) is 47.1. The van der Waals surface area contributed by atoms with E-state index in [9.17, 15) is 0 Å². The van der Waals surface area contributed by atoms with Crippen LogP contribution in [0.2, 0.25) is 0 Å². The van der Waals surface area contributed by atoms with Gasteiger partial charge in [0, 0.05) is 44.0 Å². The molecule has 0 N–H and O–H groups in total. The molecule has 2 heterocycles. The lowest BCUT2D eigenvalue weighted by Crippen LogP contribution is -2.16. The first kappa shape index (κ1) is 51.3. The molecule has 0 unspecified atom stereocenters. The van der Waals surface area contributed by atoms with Crippen LogP contribution in [-0.2, 0) is 25.7 Å². The van der Waals surface area contributed by atoms with E-state index < -0.39 is 0 Å². The molecule has 0 amide bonds. The summed E-state index contributed by atoms with van der Waals surface area (Å²) in [4.78, 5) is 5.17. The molecule has 81 heavy (non-hydrogen) atoms. The minimum atomic E-state index is 0.446. The summed E-state index contributed by atoms with van der Waals surface area (Å²) in [6.07, 6.45) is 14.5. The van der Waals surface area contributed by atoms with Crippen LogP contribution < -0.4 is 14.5 Å². The molecule has 1 aromatic heterocycles. The lowest BCUT2D eigenvalue weighted by atomic mass is 9.90. The van der Waals surface area contributed by atoms with E-state index in [0.717, 1.165) is 124 Å². The molecule has 1 aliphatic heterocycles. The van der Waals surface area contributed by atoms with Crippen LogP contribution in [0.3, 0.4) is 0 Å². The number of fused-ring (bicyclic) bond motifs is 4. The maximum Gasteiger partial charge on any atom is 0.143 e. The molecular weight excluding hydrogens is 985 g/mol. The van der Waals surface area contributed by atoms with Crippen LogP contribution in [0.15, 0.2) is 229 Å². The van der Waals surface area contributed by atoms with Gasteiger partial charge >= 0.3 is 0 Å². The molecule has 0 aliphatic carbocycles. The van der Waals surface area contributed by atoms with Gasteiger partial charge in [-0.3, -0.25) is 0 Å². The van der Waals surface area contributed by atoms with Gasteiger partial charge in [-0.25, -0.2) is 0 Å². The molecule has 12 aromatic rings. The summed E-state index contributed by atoms with van der Waals surface area (Å²) < 4.78 is 13.1. The molecular formula is C77H68N2O2. The molecule has 4 heteroatoms. The number of rotatable bonds is 16. The molecule has 0 atom stereocenters. The number of anilines is 6. The van der Waals surface area contributed by atoms with E-state index in [2.05, 4.69) is 238 Å². The number of nitrogens with zero attached hydrogens (tertiary/aromatic N) is 2. The number of aryl methyl sites for hydroxylation is 4. The summed E-state index contributed by atoms with van der Waals surface area (Å²) >= 11 is 0. The monoisotopic (exact) mass is 1050 g/mol. The average Bonchev–Trinajstić information content (AvgIpc) is 4.00. The second-order valence-electron chi connectivity index (χ2n) is 21.8. The van der Waals surface area contributed by atoms with Gasteiger partial charge in [-0.15, -0.1) is 0 Å². The lowest BCUT2D eigenvalue weighted by molar-refractivity contribution is 0.369. The Kier molecular flexibility index (Phi) is 14.1. The largest absolute Gasteiger partial charge is 0.488 e. The molecule has 0 bridgehead atoms. The van der Waals surface area contributed by atoms with Crippen molar-refractivity contribution in [1.82, 2.24) is 0 Å². The predicted octanol–water partition coefficient (Wildman–Crippen LogP) is 21.9. The minimum Gasteiger partial charge on any atom is -0.488 e. The highest BCUT2D eigenvalue weighted by molar-refractivity contribution is 6.28. The molecule has 0 saturated carbocycles. The van der Waals surface area contributed by atoms with Crippen molar-refractivity contribution in [2.24, 2.45) is 0 Å². The SMILES string of the molecule is C=C1/C=C\C=C(\c2ccc(N(c3c(CCC)cccc3CCC)c3ccc4ccc5c(N(c6ccc(-c7cccc8c7oc7ccccc78)cc6)c6c(CCC)cccc6CCC)ccc6ccc3c4c65)cc2)COc2ccccc21. The Bertz CT molecular complexity index is 4320. The van der Waals surface area contributed by atoms with Crippen molar-refractivity contribution in [3.8, 4) is 16.9 Å². The molecule has 398 valence electrons. The number of hydrogen-bond donors (Lipinski definition) is 0. The van der Waals surface area contributed by atoms with E-state index >= 15 is 0 Å². The number of ether oxygens (including phenoxy) is 1. The van der Waals surface area contributed by atoms with Crippen LogP contribution in [0.5, 0.6) is 5.75 Å². The quantitative estimate of drug-likeness (QED) is 0.0902. The van der Waals surface area contributed by atoms with Gasteiger partial charge in [-0.1, -0.05) is 230 Å². The highest BCUT2D eigenvalue weighted by atomic mass is 16.5. The van der Waals surface area contributed by atoms with Crippen molar-refractivity contribution >= 4 is 99.5 Å². The predicted molar refractivity (Wildman–Crippen MR) is 346 cm³/mol. The standard InChI is InChI=1S/C77H68N2O2/c1-6-18-56-23-15-24-57(19-7-2)75(56)78(61-42-34-52(35-43-61)60-27-14-22-51(5)63-28-10-12-32-71(63)80-50-60)69-48-40-54-39-47-68-70(49-41-55-38-46-67(69)73(54)74(55)68)79(76-58(20-8-3)25-16-26-59(76)21-9-4)62-44-36-53(37-45-62)64-30-17-31-66-65-29-11-13-33-72(65)81-77(64)66/h10-17,22-49H,5-9,18-21,50H2,1-4H3/b22-14-,60-27+. The van der Waals surface area contributed by atoms with Crippen LogP contribution in [0, 0.1) is 0 Å². The number of para-hydroxylation sites is 5. The molecule has 13 rings (SSSR count). The van der Waals surface area contributed by atoms with Crippen LogP contribution in [-0.4, -0.2) is 6.61 Å². The topological polar surface area (TPSA) is 28.9 Å². The Morgan fingerprint density at radius 3 is 1.48 bits per heavy atom. The molecule has 11 aromatic carbocycles. The van der Waals surface area contributed by atoms with E-state index in [4.69, 9.17) is 9.15 Å². The fraction of sp³-hybridized carbons (Fsp3) is 0.169. The summed E-state index contributed by atoms with van der Waals surface area (Å²) in [6.45, 7) is 14.0. The van der Waals surface area contributed by atoms with Gasteiger partial charge in [-0.05, 0) is 140 Å². The van der Waals surface area contributed by atoms with Gasteiger partial charge < -0.3 is 19.0 Å². The van der Waals surface area contributed by atoms with Gasteiger partial charge in [0.15, 0.2) is 0 Å². The molecule has 0 fully saturated rings. The molecule has 0 radical (unpaired) electrons. The van der Waals surface area contributed by atoms with Crippen LogP contribution in [0.25, 0.3) is 76.5 Å². The summed E-state index contributed by atoms with van der Waals surface area (Å²) in [6, 6.07) is 74.3. The van der Waals surface area contributed by atoms with Crippen LogP contribution in [0.4, 0.5) is 34.1 Å². The van der Waals surface area contributed by atoms with Gasteiger partial charge in [0.1, 0.15) is 23.5 Å². The minimum absolute atomic E-state index is 0.446. The van der Waals surface area contributed by atoms with Crippen molar-refractivity contribution in [2.75, 3.05) is 16.4 Å². The van der Waals surface area contributed by atoms with E-state index in [0.29, 0.717) is 6.61 Å².